The van der Waals surface area contributed by atoms with Gasteiger partial charge in [0, 0.05) is 5.69 Å². The molecule has 0 bridgehead atoms. The minimum atomic E-state index is -0.336. The third kappa shape index (κ3) is 3.15. The first kappa shape index (κ1) is 15.1. The first-order valence-corrected chi connectivity index (χ1v) is 8.17. The topological polar surface area (TPSA) is 57.8 Å². The zero-order valence-corrected chi connectivity index (χ0v) is 13.5. The Balaban J connectivity index is 1.86. The minimum Gasteiger partial charge on any atom is -0.373 e. The third-order valence-corrected chi connectivity index (χ3v) is 4.12. The molecule has 2 N–H and O–H groups in total. The molecule has 122 valence electrons. The van der Waals surface area contributed by atoms with E-state index in [4.69, 9.17) is 0 Å². The fourth-order valence-corrected chi connectivity index (χ4v) is 2.90. The number of hydrogen-bond donors (Lipinski definition) is 2. The van der Waals surface area contributed by atoms with Crippen molar-refractivity contribution in [1.82, 2.24) is 9.97 Å². The molecule has 0 saturated carbocycles. The van der Waals surface area contributed by atoms with Crippen molar-refractivity contribution in [1.29, 1.82) is 0 Å². The highest BCUT2D eigenvalue weighted by atomic mass is 16.1. The molecule has 1 aromatic heterocycles. The number of aromatic amines is 1. The zero-order valence-electron chi connectivity index (χ0n) is 13.5. The summed E-state index contributed by atoms with van der Waals surface area (Å²) in [5, 5.41) is 3.43. The van der Waals surface area contributed by atoms with Gasteiger partial charge in [0.05, 0.1) is 17.1 Å². The highest BCUT2D eigenvalue weighted by Gasteiger charge is 2.19. The van der Waals surface area contributed by atoms with Gasteiger partial charge in [-0.15, -0.1) is 0 Å². The zero-order chi connectivity index (χ0) is 17.1. The molecule has 0 amide bonds. The van der Waals surface area contributed by atoms with Crippen molar-refractivity contribution >= 4 is 16.7 Å². The Hall–Kier alpha value is -3.40. The first-order chi connectivity index (χ1) is 12.3. The van der Waals surface area contributed by atoms with Gasteiger partial charge >= 0.3 is 0 Å². The molecule has 1 atom stereocenters. The highest BCUT2D eigenvalue weighted by Crippen LogP contribution is 2.24. The van der Waals surface area contributed by atoms with Crippen molar-refractivity contribution in [2.45, 2.75) is 6.04 Å². The van der Waals surface area contributed by atoms with Crippen molar-refractivity contribution in [3.05, 3.63) is 107 Å². The largest absolute Gasteiger partial charge is 0.373 e. The van der Waals surface area contributed by atoms with Crippen LogP contribution in [0.2, 0.25) is 0 Å². The van der Waals surface area contributed by atoms with Crippen molar-refractivity contribution in [2.24, 2.45) is 0 Å². The summed E-state index contributed by atoms with van der Waals surface area (Å²) >= 11 is 0. The van der Waals surface area contributed by atoms with Crippen LogP contribution in [0, 0.1) is 0 Å². The van der Waals surface area contributed by atoms with Gasteiger partial charge in [0.2, 0.25) is 0 Å². The lowest BCUT2D eigenvalue weighted by Gasteiger charge is -2.19. The molecule has 3 aromatic carbocycles. The summed E-state index contributed by atoms with van der Waals surface area (Å²) in [4.78, 5) is 20.3. The molecular weight excluding hydrogens is 310 g/mol. The van der Waals surface area contributed by atoms with Crippen LogP contribution >= 0.6 is 0 Å². The maximum atomic E-state index is 12.7. The van der Waals surface area contributed by atoms with E-state index in [-0.39, 0.29) is 11.6 Å². The van der Waals surface area contributed by atoms with Crippen LogP contribution in [0.5, 0.6) is 0 Å². The summed E-state index contributed by atoms with van der Waals surface area (Å²) < 4.78 is 0. The van der Waals surface area contributed by atoms with Gasteiger partial charge in [-0.2, -0.15) is 0 Å². The van der Waals surface area contributed by atoms with Crippen LogP contribution in [0.15, 0.2) is 89.7 Å². The normalized spacial score (nSPS) is 12.0. The van der Waals surface area contributed by atoms with Crippen LogP contribution < -0.4 is 10.9 Å². The van der Waals surface area contributed by atoms with Crippen LogP contribution in [-0.4, -0.2) is 9.97 Å². The fraction of sp³-hybridized carbons (Fsp3) is 0.0476. The molecule has 4 aromatic rings. The molecule has 0 unspecified atom stereocenters. The molecule has 0 fully saturated rings. The van der Waals surface area contributed by atoms with E-state index in [9.17, 15) is 4.79 Å². The summed E-state index contributed by atoms with van der Waals surface area (Å²) in [7, 11) is 0. The van der Waals surface area contributed by atoms with E-state index in [2.05, 4.69) is 15.3 Å². The van der Waals surface area contributed by atoms with Gasteiger partial charge in [-0.25, -0.2) is 4.98 Å². The first-order valence-electron chi connectivity index (χ1n) is 8.17. The van der Waals surface area contributed by atoms with Gasteiger partial charge in [0.25, 0.3) is 5.56 Å². The average molecular weight is 327 g/mol. The Morgan fingerprint density at radius 2 is 1.44 bits per heavy atom. The monoisotopic (exact) mass is 327 g/mol. The number of benzene rings is 3. The van der Waals surface area contributed by atoms with Crippen LogP contribution in [0.25, 0.3) is 11.0 Å². The molecule has 4 heteroatoms. The van der Waals surface area contributed by atoms with E-state index in [1.54, 1.807) is 0 Å². The molecule has 25 heavy (non-hydrogen) atoms. The summed E-state index contributed by atoms with van der Waals surface area (Å²) in [5.41, 5.74) is 3.70. The molecule has 0 saturated heterocycles. The standard InChI is InChI=1S/C21H17N3O/c25-21-20(23-17-13-7-8-14-18(17)24-21)19(15-9-3-1-4-10-15)22-16-11-5-2-6-12-16/h1-14,19,22H,(H,24,25)/t19-/m0/s1. The third-order valence-electron chi connectivity index (χ3n) is 4.12. The number of hydrogen-bond acceptors (Lipinski definition) is 3. The maximum Gasteiger partial charge on any atom is 0.272 e. The van der Waals surface area contributed by atoms with E-state index in [1.807, 2.05) is 84.9 Å². The minimum absolute atomic E-state index is 0.184. The molecule has 1 heterocycles. The second kappa shape index (κ2) is 6.61. The summed E-state index contributed by atoms with van der Waals surface area (Å²) in [6.45, 7) is 0. The molecule has 4 nitrogen and oxygen atoms in total. The number of fused-ring (bicyclic) bond motifs is 1. The summed E-state index contributed by atoms with van der Waals surface area (Å²) in [6.07, 6.45) is 0. The second-order valence-corrected chi connectivity index (χ2v) is 5.82. The van der Waals surface area contributed by atoms with Gasteiger partial charge in [-0.05, 0) is 29.8 Å². The molecule has 0 aliphatic rings. The molecule has 0 aliphatic heterocycles. The van der Waals surface area contributed by atoms with Crippen molar-refractivity contribution in [2.75, 3.05) is 5.32 Å². The number of anilines is 1. The number of rotatable bonds is 4. The Kier molecular flexibility index (Phi) is 4.01. The summed E-state index contributed by atoms with van der Waals surface area (Å²) in [5.74, 6) is 0. The molecule has 4 rings (SSSR count). The van der Waals surface area contributed by atoms with E-state index in [0.717, 1.165) is 22.3 Å². The van der Waals surface area contributed by atoms with Crippen molar-refractivity contribution < 1.29 is 0 Å². The number of nitrogens with one attached hydrogen (secondary N) is 2. The lowest BCUT2D eigenvalue weighted by molar-refractivity contribution is 0.867. The van der Waals surface area contributed by atoms with Crippen LogP contribution in [0.3, 0.4) is 0 Å². The van der Waals surface area contributed by atoms with Crippen molar-refractivity contribution in [3.8, 4) is 0 Å². The Bertz CT molecular complexity index is 1040. The quantitative estimate of drug-likeness (QED) is 0.593. The Morgan fingerprint density at radius 1 is 0.800 bits per heavy atom. The molecule has 0 spiro atoms. The van der Waals surface area contributed by atoms with Gasteiger partial charge in [0.15, 0.2) is 0 Å². The number of aromatic nitrogens is 2. The van der Waals surface area contributed by atoms with E-state index < -0.39 is 0 Å². The van der Waals surface area contributed by atoms with Crippen LogP contribution in [0.4, 0.5) is 5.69 Å². The Labute approximate surface area is 145 Å². The van der Waals surface area contributed by atoms with Crippen molar-refractivity contribution in [3.63, 3.8) is 0 Å². The maximum absolute atomic E-state index is 12.7. The molecule has 0 aliphatic carbocycles. The second-order valence-electron chi connectivity index (χ2n) is 5.82. The van der Waals surface area contributed by atoms with Crippen LogP contribution in [0.1, 0.15) is 17.3 Å². The molecular formula is C21H17N3O. The lowest BCUT2D eigenvalue weighted by Crippen LogP contribution is -2.24. The average Bonchev–Trinajstić information content (AvgIpc) is 2.67. The number of para-hydroxylation sites is 3. The van der Waals surface area contributed by atoms with E-state index >= 15 is 0 Å². The smallest absolute Gasteiger partial charge is 0.272 e. The molecule has 0 radical (unpaired) electrons. The predicted molar refractivity (Wildman–Crippen MR) is 101 cm³/mol. The fourth-order valence-electron chi connectivity index (χ4n) is 2.90. The lowest BCUT2D eigenvalue weighted by atomic mass is 10.0. The van der Waals surface area contributed by atoms with Gasteiger partial charge in [-0.3, -0.25) is 4.79 Å². The Morgan fingerprint density at radius 3 is 2.20 bits per heavy atom. The van der Waals surface area contributed by atoms with Gasteiger partial charge in [-0.1, -0.05) is 60.7 Å². The summed E-state index contributed by atoms with van der Waals surface area (Å²) in [6, 6.07) is 26.9. The number of nitrogens with zero attached hydrogens (tertiary/aromatic N) is 1. The van der Waals surface area contributed by atoms with Gasteiger partial charge in [0.1, 0.15) is 5.69 Å². The number of H-pyrrole nitrogens is 1. The van der Waals surface area contributed by atoms with E-state index in [0.29, 0.717) is 5.69 Å². The van der Waals surface area contributed by atoms with Crippen LogP contribution in [-0.2, 0) is 0 Å². The van der Waals surface area contributed by atoms with Gasteiger partial charge < -0.3 is 10.3 Å². The predicted octanol–water partition coefficient (Wildman–Crippen LogP) is 4.12. The SMILES string of the molecule is O=c1[nH]c2ccccc2nc1[C@@H](Nc1ccccc1)c1ccccc1. The van der Waals surface area contributed by atoms with E-state index in [1.165, 1.54) is 0 Å². The highest BCUT2D eigenvalue weighted by molar-refractivity contribution is 5.73.